The molecule has 3 heterocycles. The number of hydrogen-bond donors (Lipinski definition) is 0. The van der Waals surface area contributed by atoms with Crippen molar-refractivity contribution in [2.45, 2.75) is 32.8 Å². The Balaban J connectivity index is 1.62. The predicted octanol–water partition coefficient (Wildman–Crippen LogP) is 5.29. The van der Waals surface area contributed by atoms with Gasteiger partial charge in [-0.1, -0.05) is 35.1 Å². The summed E-state index contributed by atoms with van der Waals surface area (Å²) in [7, 11) is 0. The van der Waals surface area contributed by atoms with Crippen LogP contribution in [-0.4, -0.2) is 35.1 Å². The van der Waals surface area contributed by atoms with E-state index < -0.39 is 0 Å². The van der Waals surface area contributed by atoms with Crippen LogP contribution >= 0.6 is 11.3 Å². The smallest absolute Gasteiger partial charge is 0.260 e. The van der Waals surface area contributed by atoms with Crippen molar-refractivity contribution in [2.24, 2.45) is 0 Å². The Bertz CT molecular complexity index is 1210. The fourth-order valence-electron chi connectivity index (χ4n) is 4.01. The Kier molecular flexibility index (Phi) is 4.97. The van der Waals surface area contributed by atoms with Gasteiger partial charge in [0.05, 0.1) is 33.9 Å². The number of ether oxygens (including phenoxy) is 1. The molecule has 0 aliphatic carbocycles. The first-order valence-electron chi connectivity index (χ1n) is 10.3. The zero-order valence-electron chi connectivity index (χ0n) is 17.1. The molecule has 30 heavy (non-hydrogen) atoms. The summed E-state index contributed by atoms with van der Waals surface area (Å²) in [5.74, 6) is -0.0503. The van der Waals surface area contributed by atoms with Crippen LogP contribution in [-0.2, 0) is 4.74 Å². The molecule has 6 heteroatoms. The third-order valence-electron chi connectivity index (χ3n) is 5.49. The molecular formula is C24H23N3O2S. The first-order chi connectivity index (χ1) is 14.6. The van der Waals surface area contributed by atoms with E-state index in [1.165, 1.54) is 0 Å². The lowest BCUT2D eigenvalue weighted by atomic mass is 10.0. The minimum atomic E-state index is -0.0503. The number of pyridine rings is 1. The van der Waals surface area contributed by atoms with Crippen molar-refractivity contribution < 1.29 is 9.53 Å². The van der Waals surface area contributed by atoms with E-state index >= 15 is 0 Å². The maximum absolute atomic E-state index is 13.9. The summed E-state index contributed by atoms with van der Waals surface area (Å²) in [5.41, 5.74) is 4.35. The van der Waals surface area contributed by atoms with Crippen LogP contribution in [0.1, 0.15) is 34.5 Å². The molecule has 5 rings (SSSR count). The van der Waals surface area contributed by atoms with E-state index in [1.54, 1.807) is 16.2 Å². The van der Waals surface area contributed by atoms with Crippen molar-refractivity contribution in [2.75, 3.05) is 18.1 Å². The van der Waals surface area contributed by atoms with Crippen LogP contribution in [0.25, 0.3) is 21.1 Å². The third kappa shape index (κ3) is 3.57. The van der Waals surface area contributed by atoms with E-state index in [4.69, 9.17) is 9.72 Å². The second-order valence-corrected chi connectivity index (χ2v) is 8.86. The number of carbonyl (C=O) groups excluding carboxylic acids is 1. The predicted molar refractivity (Wildman–Crippen MR) is 121 cm³/mol. The Labute approximate surface area is 179 Å². The van der Waals surface area contributed by atoms with Crippen molar-refractivity contribution in [1.82, 2.24) is 9.97 Å². The summed E-state index contributed by atoms with van der Waals surface area (Å²) in [6, 6.07) is 15.9. The van der Waals surface area contributed by atoms with Crippen molar-refractivity contribution >= 4 is 43.5 Å². The molecule has 2 aromatic heterocycles. The van der Waals surface area contributed by atoms with Crippen LogP contribution in [0.2, 0.25) is 0 Å². The topological polar surface area (TPSA) is 55.3 Å². The second-order valence-electron chi connectivity index (χ2n) is 7.85. The summed E-state index contributed by atoms with van der Waals surface area (Å²) in [4.78, 5) is 25.1. The minimum Gasteiger partial charge on any atom is -0.376 e. The molecule has 1 saturated heterocycles. The van der Waals surface area contributed by atoms with Gasteiger partial charge in [0.15, 0.2) is 5.13 Å². The lowest BCUT2D eigenvalue weighted by molar-refractivity contribution is 0.0918. The molecule has 4 aromatic rings. The fourth-order valence-corrected chi connectivity index (χ4v) is 4.98. The quantitative estimate of drug-likeness (QED) is 0.453. The molecular weight excluding hydrogens is 394 g/mol. The number of nitrogens with zero attached hydrogens (tertiary/aromatic N) is 3. The summed E-state index contributed by atoms with van der Waals surface area (Å²) in [6.07, 6.45) is 2.03. The third-order valence-corrected chi connectivity index (χ3v) is 6.55. The number of anilines is 1. The van der Waals surface area contributed by atoms with E-state index in [2.05, 4.69) is 4.98 Å². The maximum atomic E-state index is 13.9. The number of hydrogen-bond acceptors (Lipinski definition) is 5. The molecule has 0 radical (unpaired) electrons. The normalized spacial score (nSPS) is 16.4. The lowest BCUT2D eigenvalue weighted by Crippen LogP contribution is -2.37. The number of para-hydroxylation sites is 1. The van der Waals surface area contributed by atoms with Gasteiger partial charge >= 0.3 is 0 Å². The molecule has 0 spiro atoms. The van der Waals surface area contributed by atoms with Crippen LogP contribution in [0.3, 0.4) is 0 Å². The van der Waals surface area contributed by atoms with Gasteiger partial charge in [-0.2, -0.15) is 0 Å². The zero-order chi connectivity index (χ0) is 20.7. The summed E-state index contributed by atoms with van der Waals surface area (Å²) in [6.45, 7) is 5.22. The van der Waals surface area contributed by atoms with Crippen LogP contribution in [0.4, 0.5) is 5.13 Å². The fraction of sp³-hybridized carbons (Fsp3) is 0.292. The molecule has 1 unspecified atom stereocenters. The largest absolute Gasteiger partial charge is 0.376 e. The number of amides is 1. The average Bonchev–Trinajstić information content (AvgIpc) is 3.40. The van der Waals surface area contributed by atoms with Gasteiger partial charge in [0.25, 0.3) is 5.91 Å². The molecule has 2 aromatic carbocycles. The Morgan fingerprint density at radius 1 is 1.13 bits per heavy atom. The van der Waals surface area contributed by atoms with Crippen molar-refractivity contribution in [3.8, 4) is 0 Å². The Morgan fingerprint density at radius 2 is 2.00 bits per heavy atom. The van der Waals surface area contributed by atoms with Crippen LogP contribution in [0.5, 0.6) is 0 Å². The van der Waals surface area contributed by atoms with Gasteiger partial charge in [-0.15, -0.1) is 0 Å². The summed E-state index contributed by atoms with van der Waals surface area (Å²) in [5, 5.41) is 1.59. The molecule has 152 valence electrons. The molecule has 1 atom stereocenters. The molecule has 5 nitrogen and oxygen atoms in total. The SMILES string of the molecule is Cc1ccc2nc(C)cc(C(=O)N(CC3CCCO3)c3nc4ccccc4s3)c2c1. The molecule has 1 amide bonds. The van der Waals surface area contributed by atoms with Gasteiger partial charge in [0, 0.05) is 17.7 Å². The van der Waals surface area contributed by atoms with Crippen LogP contribution < -0.4 is 4.90 Å². The van der Waals surface area contributed by atoms with Gasteiger partial charge in [0.2, 0.25) is 0 Å². The average molecular weight is 418 g/mol. The number of rotatable bonds is 4. The first kappa shape index (κ1) is 19.2. The van der Waals surface area contributed by atoms with Crippen LogP contribution in [0, 0.1) is 13.8 Å². The number of benzene rings is 2. The highest BCUT2D eigenvalue weighted by Crippen LogP contribution is 2.32. The highest BCUT2D eigenvalue weighted by atomic mass is 32.1. The lowest BCUT2D eigenvalue weighted by Gasteiger charge is -2.24. The van der Waals surface area contributed by atoms with Gasteiger partial charge < -0.3 is 4.74 Å². The van der Waals surface area contributed by atoms with Gasteiger partial charge in [-0.05, 0) is 57.0 Å². The van der Waals surface area contributed by atoms with E-state index in [-0.39, 0.29) is 12.0 Å². The monoisotopic (exact) mass is 417 g/mol. The molecule has 1 fully saturated rings. The van der Waals surface area contributed by atoms with Crippen molar-refractivity contribution in [3.05, 3.63) is 65.4 Å². The van der Waals surface area contributed by atoms with Gasteiger partial charge in [0.1, 0.15) is 0 Å². The number of carbonyl (C=O) groups is 1. The second kappa shape index (κ2) is 7.78. The molecule has 1 aliphatic rings. The van der Waals surface area contributed by atoms with E-state index in [0.29, 0.717) is 17.2 Å². The van der Waals surface area contributed by atoms with Crippen LogP contribution in [0.15, 0.2) is 48.5 Å². The number of fused-ring (bicyclic) bond motifs is 2. The molecule has 0 bridgehead atoms. The van der Waals surface area contributed by atoms with Gasteiger partial charge in [-0.25, -0.2) is 4.98 Å². The van der Waals surface area contributed by atoms with E-state index in [0.717, 1.165) is 51.8 Å². The molecule has 1 aliphatic heterocycles. The van der Waals surface area contributed by atoms with E-state index in [1.807, 2.05) is 62.4 Å². The summed E-state index contributed by atoms with van der Waals surface area (Å²) < 4.78 is 6.94. The maximum Gasteiger partial charge on any atom is 0.260 e. The molecule has 0 saturated carbocycles. The van der Waals surface area contributed by atoms with Gasteiger partial charge in [-0.3, -0.25) is 14.7 Å². The highest BCUT2D eigenvalue weighted by molar-refractivity contribution is 7.22. The number of aryl methyl sites for hydroxylation is 2. The van der Waals surface area contributed by atoms with Crippen molar-refractivity contribution in [3.63, 3.8) is 0 Å². The Morgan fingerprint density at radius 3 is 2.80 bits per heavy atom. The Hall–Kier alpha value is -2.83. The van der Waals surface area contributed by atoms with Crippen molar-refractivity contribution in [1.29, 1.82) is 0 Å². The molecule has 0 N–H and O–H groups in total. The number of thiazole rings is 1. The van der Waals surface area contributed by atoms with E-state index in [9.17, 15) is 4.79 Å². The first-order valence-corrected chi connectivity index (χ1v) is 11.1. The number of aromatic nitrogens is 2. The highest BCUT2D eigenvalue weighted by Gasteiger charge is 2.28. The zero-order valence-corrected chi connectivity index (χ0v) is 17.9. The standard InChI is InChI=1S/C24H23N3O2S/c1-15-9-10-20-18(12-15)19(13-16(2)25-20)23(28)27(14-17-6-5-11-29-17)24-26-21-7-3-4-8-22(21)30-24/h3-4,7-10,12-13,17H,5-6,11,14H2,1-2H3. The summed E-state index contributed by atoms with van der Waals surface area (Å²) >= 11 is 1.55. The minimum absolute atomic E-state index is 0.0388.